The Hall–Kier alpha value is -0.870. The molecular formula is C13H18ClN3S. The first-order valence-electron chi connectivity index (χ1n) is 6.19. The van der Waals surface area contributed by atoms with E-state index in [0.29, 0.717) is 5.28 Å². The molecule has 0 aromatic carbocycles. The molecule has 0 saturated carbocycles. The zero-order valence-corrected chi connectivity index (χ0v) is 12.8. The van der Waals surface area contributed by atoms with E-state index in [9.17, 15) is 0 Å². The number of aryl methyl sites for hydroxylation is 2. The molecule has 0 amide bonds. The van der Waals surface area contributed by atoms with Gasteiger partial charge in [0.2, 0.25) is 5.28 Å². The quantitative estimate of drug-likeness (QED) is 0.788. The molecule has 0 spiro atoms. The van der Waals surface area contributed by atoms with Gasteiger partial charge in [0.15, 0.2) is 0 Å². The fraction of sp³-hybridized carbons (Fsp3) is 0.538. The summed E-state index contributed by atoms with van der Waals surface area (Å²) in [5, 5.41) is 1.49. The fourth-order valence-corrected chi connectivity index (χ4v) is 3.22. The van der Waals surface area contributed by atoms with Crippen LogP contribution in [0.1, 0.15) is 30.2 Å². The number of nitrogens with zero attached hydrogens (tertiary/aromatic N) is 3. The fourth-order valence-electron chi connectivity index (χ4n) is 1.98. The Morgan fingerprint density at radius 3 is 2.67 bits per heavy atom. The summed E-state index contributed by atoms with van der Waals surface area (Å²) in [6, 6.07) is 0. The highest BCUT2D eigenvalue weighted by molar-refractivity contribution is 7.18. The van der Waals surface area contributed by atoms with E-state index in [1.165, 1.54) is 16.9 Å². The van der Waals surface area contributed by atoms with Crippen molar-refractivity contribution < 1.29 is 0 Å². The van der Waals surface area contributed by atoms with Gasteiger partial charge in [0.1, 0.15) is 10.6 Å². The van der Waals surface area contributed by atoms with E-state index < -0.39 is 0 Å². The highest BCUT2D eigenvalue weighted by Crippen LogP contribution is 2.35. The maximum absolute atomic E-state index is 6.02. The van der Waals surface area contributed by atoms with Crippen molar-refractivity contribution >= 4 is 39.0 Å². The molecule has 0 aliphatic heterocycles. The first kappa shape index (κ1) is 13.6. The van der Waals surface area contributed by atoms with Crippen molar-refractivity contribution in [2.75, 3.05) is 18.5 Å². The maximum atomic E-state index is 6.02. The third-order valence-electron chi connectivity index (χ3n) is 3.19. The van der Waals surface area contributed by atoms with Gasteiger partial charge in [-0.05, 0) is 37.4 Å². The number of halogens is 1. The van der Waals surface area contributed by atoms with E-state index in [1.807, 2.05) is 0 Å². The van der Waals surface area contributed by atoms with Crippen LogP contribution in [0.3, 0.4) is 0 Å². The van der Waals surface area contributed by atoms with E-state index in [1.54, 1.807) is 11.3 Å². The Morgan fingerprint density at radius 2 is 2.00 bits per heavy atom. The predicted octanol–water partition coefficient (Wildman–Crippen LogP) is 4.20. The van der Waals surface area contributed by atoms with Crippen molar-refractivity contribution in [3.63, 3.8) is 0 Å². The molecule has 98 valence electrons. The molecule has 2 aromatic heterocycles. The van der Waals surface area contributed by atoms with Gasteiger partial charge in [0.25, 0.3) is 0 Å². The van der Waals surface area contributed by atoms with Gasteiger partial charge in [-0.15, -0.1) is 11.3 Å². The summed E-state index contributed by atoms with van der Waals surface area (Å²) < 4.78 is 0. The van der Waals surface area contributed by atoms with Gasteiger partial charge < -0.3 is 4.90 Å². The Balaban J connectivity index is 2.54. The molecule has 0 fully saturated rings. The molecule has 0 unspecified atom stereocenters. The van der Waals surface area contributed by atoms with E-state index in [2.05, 4.69) is 42.7 Å². The van der Waals surface area contributed by atoms with Crippen molar-refractivity contribution in [2.45, 2.75) is 33.6 Å². The first-order valence-corrected chi connectivity index (χ1v) is 7.38. The summed E-state index contributed by atoms with van der Waals surface area (Å²) in [6.07, 6.45) is 2.33. The number of unbranched alkanes of at least 4 members (excludes halogenated alkanes) is 1. The zero-order valence-electron chi connectivity index (χ0n) is 11.2. The minimum absolute atomic E-state index is 0.335. The van der Waals surface area contributed by atoms with Gasteiger partial charge in [-0.1, -0.05) is 13.3 Å². The number of anilines is 1. The lowest BCUT2D eigenvalue weighted by atomic mass is 10.2. The summed E-state index contributed by atoms with van der Waals surface area (Å²) in [7, 11) is 2.07. The van der Waals surface area contributed by atoms with Crippen LogP contribution in [0.2, 0.25) is 5.28 Å². The molecule has 0 aliphatic rings. The van der Waals surface area contributed by atoms with Crippen molar-refractivity contribution in [2.24, 2.45) is 0 Å². The van der Waals surface area contributed by atoms with Crippen LogP contribution >= 0.6 is 22.9 Å². The SMILES string of the molecule is CCCCN(C)c1nc(Cl)nc2sc(C)c(C)c12. The van der Waals surface area contributed by atoms with Crippen LogP contribution in [0.15, 0.2) is 0 Å². The van der Waals surface area contributed by atoms with E-state index in [-0.39, 0.29) is 0 Å². The molecule has 0 saturated heterocycles. The van der Waals surface area contributed by atoms with Crippen molar-refractivity contribution in [3.05, 3.63) is 15.7 Å². The average molecular weight is 284 g/mol. The van der Waals surface area contributed by atoms with Crippen molar-refractivity contribution in [3.8, 4) is 0 Å². The van der Waals surface area contributed by atoms with Crippen LogP contribution < -0.4 is 4.90 Å². The first-order chi connectivity index (χ1) is 8.54. The monoisotopic (exact) mass is 283 g/mol. The lowest BCUT2D eigenvalue weighted by molar-refractivity contribution is 0.761. The number of hydrogen-bond acceptors (Lipinski definition) is 4. The second-order valence-corrected chi connectivity index (χ2v) is 6.10. The molecule has 0 radical (unpaired) electrons. The Morgan fingerprint density at radius 1 is 1.28 bits per heavy atom. The lowest BCUT2D eigenvalue weighted by Gasteiger charge is -2.19. The smallest absolute Gasteiger partial charge is 0.225 e. The summed E-state index contributed by atoms with van der Waals surface area (Å²) in [5.74, 6) is 0.959. The highest BCUT2D eigenvalue weighted by Gasteiger charge is 2.16. The second kappa shape index (κ2) is 5.41. The molecule has 18 heavy (non-hydrogen) atoms. The predicted molar refractivity (Wildman–Crippen MR) is 80.1 cm³/mol. The highest BCUT2D eigenvalue weighted by atomic mass is 35.5. The molecule has 0 atom stereocenters. The zero-order chi connectivity index (χ0) is 13.3. The second-order valence-electron chi connectivity index (χ2n) is 4.55. The standard InChI is InChI=1S/C13H18ClN3S/c1-5-6-7-17(4)11-10-8(2)9(3)18-12(10)16-13(14)15-11/h5-7H2,1-4H3. The van der Waals surface area contributed by atoms with Gasteiger partial charge in [-0.25, -0.2) is 4.98 Å². The summed E-state index contributed by atoms with van der Waals surface area (Å²) in [5.41, 5.74) is 1.27. The van der Waals surface area contributed by atoms with E-state index >= 15 is 0 Å². The topological polar surface area (TPSA) is 29.0 Å². The molecule has 5 heteroatoms. The largest absolute Gasteiger partial charge is 0.359 e. The Kier molecular flexibility index (Phi) is 4.07. The van der Waals surface area contributed by atoms with E-state index in [4.69, 9.17) is 11.6 Å². The van der Waals surface area contributed by atoms with Crippen LogP contribution in [0.4, 0.5) is 5.82 Å². The normalized spacial score (nSPS) is 11.2. The molecule has 2 rings (SSSR count). The average Bonchev–Trinajstić information content (AvgIpc) is 2.61. The number of hydrogen-bond donors (Lipinski definition) is 0. The third-order valence-corrected chi connectivity index (χ3v) is 4.46. The van der Waals surface area contributed by atoms with Gasteiger partial charge in [0, 0.05) is 18.5 Å². The van der Waals surface area contributed by atoms with Crippen LogP contribution in [0, 0.1) is 13.8 Å². The number of aromatic nitrogens is 2. The van der Waals surface area contributed by atoms with E-state index in [0.717, 1.165) is 29.0 Å². The molecule has 2 aromatic rings. The van der Waals surface area contributed by atoms with Gasteiger partial charge in [-0.2, -0.15) is 4.98 Å². The molecule has 3 nitrogen and oxygen atoms in total. The van der Waals surface area contributed by atoms with Crippen molar-refractivity contribution in [1.82, 2.24) is 9.97 Å². The third kappa shape index (κ3) is 2.45. The molecule has 0 N–H and O–H groups in total. The van der Waals surface area contributed by atoms with Crippen molar-refractivity contribution in [1.29, 1.82) is 0 Å². The number of rotatable bonds is 4. The summed E-state index contributed by atoms with van der Waals surface area (Å²) in [6.45, 7) is 7.43. The Bertz CT molecular complexity index is 565. The van der Waals surface area contributed by atoms with Crippen LogP contribution in [0.5, 0.6) is 0 Å². The Labute approximate surface area is 117 Å². The molecular weight excluding hydrogens is 266 g/mol. The minimum Gasteiger partial charge on any atom is -0.359 e. The summed E-state index contributed by atoms with van der Waals surface area (Å²) >= 11 is 7.71. The number of fused-ring (bicyclic) bond motifs is 1. The van der Waals surface area contributed by atoms with Crippen LogP contribution in [-0.4, -0.2) is 23.6 Å². The lowest BCUT2D eigenvalue weighted by Crippen LogP contribution is -2.20. The van der Waals surface area contributed by atoms with Crippen LogP contribution in [-0.2, 0) is 0 Å². The van der Waals surface area contributed by atoms with Crippen LogP contribution in [0.25, 0.3) is 10.2 Å². The summed E-state index contributed by atoms with van der Waals surface area (Å²) in [4.78, 5) is 13.2. The van der Waals surface area contributed by atoms with Gasteiger partial charge in [0.05, 0.1) is 5.39 Å². The number of thiophene rings is 1. The molecule has 0 aliphatic carbocycles. The maximum Gasteiger partial charge on any atom is 0.225 e. The van der Waals surface area contributed by atoms with Gasteiger partial charge in [-0.3, -0.25) is 0 Å². The minimum atomic E-state index is 0.335. The molecule has 2 heterocycles. The molecule has 0 bridgehead atoms. The van der Waals surface area contributed by atoms with Gasteiger partial charge >= 0.3 is 0 Å².